The summed E-state index contributed by atoms with van der Waals surface area (Å²) >= 11 is 0. The third kappa shape index (κ3) is 3.30. The molecule has 6 aromatic carbocycles. The molecule has 0 fully saturated rings. The molecular weight excluding hydrogens is 453 g/mol. The van der Waals surface area contributed by atoms with Crippen LogP contribution in [-0.2, 0) is 5.41 Å². The van der Waals surface area contributed by atoms with E-state index in [1.807, 2.05) is 0 Å². The van der Waals surface area contributed by atoms with E-state index in [0.717, 1.165) is 22.1 Å². The first-order valence-electron chi connectivity index (χ1n) is 12.6. The fraction of sp³-hybridized carbons (Fsp3) is 0.0286. The standard InChI is InChI=1S/C35H24FN/c36-27-18-20-28(21-19-27)37-34-23-26(22-24-10-4-5-13-29(24)34)35(25-11-2-1-3-12-25)32-16-8-6-14-30(32)31-15-7-9-17-33(31)35/h1-23,37H. The molecule has 1 N–H and O–H groups in total. The second-order valence-electron chi connectivity index (χ2n) is 9.58. The number of nitrogens with one attached hydrogen (secondary N) is 1. The summed E-state index contributed by atoms with van der Waals surface area (Å²) in [6, 6.07) is 47.9. The van der Waals surface area contributed by atoms with Crippen LogP contribution >= 0.6 is 0 Å². The summed E-state index contributed by atoms with van der Waals surface area (Å²) in [6.07, 6.45) is 0. The summed E-state index contributed by atoms with van der Waals surface area (Å²) in [7, 11) is 0. The van der Waals surface area contributed by atoms with Crippen molar-refractivity contribution >= 4 is 22.1 Å². The van der Waals surface area contributed by atoms with Crippen molar-refractivity contribution in [2.45, 2.75) is 5.41 Å². The highest BCUT2D eigenvalue weighted by Crippen LogP contribution is 2.56. The van der Waals surface area contributed by atoms with Gasteiger partial charge in [-0.15, -0.1) is 0 Å². The first-order valence-corrected chi connectivity index (χ1v) is 12.6. The molecule has 176 valence electrons. The number of fused-ring (bicyclic) bond motifs is 4. The Labute approximate surface area is 215 Å². The van der Waals surface area contributed by atoms with E-state index in [9.17, 15) is 4.39 Å². The Bertz CT molecular complexity index is 1710. The van der Waals surface area contributed by atoms with Gasteiger partial charge in [0.25, 0.3) is 0 Å². The van der Waals surface area contributed by atoms with Gasteiger partial charge in [-0.2, -0.15) is 0 Å². The maximum Gasteiger partial charge on any atom is 0.123 e. The van der Waals surface area contributed by atoms with Gasteiger partial charge in [0.05, 0.1) is 5.41 Å². The molecule has 2 heteroatoms. The van der Waals surface area contributed by atoms with Crippen LogP contribution in [0, 0.1) is 5.82 Å². The Balaban J connectivity index is 1.57. The average Bonchev–Trinajstić information content (AvgIpc) is 3.26. The van der Waals surface area contributed by atoms with Gasteiger partial charge in [0.1, 0.15) is 5.82 Å². The summed E-state index contributed by atoms with van der Waals surface area (Å²) in [5.74, 6) is -0.244. The van der Waals surface area contributed by atoms with Crippen molar-refractivity contribution in [3.63, 3.8) is 0 Å². The van der Waals surface area contributed by atoms with Gasteiger partial charge in [-0.1, -0.05) is 103 Å². The summed E-state index contributed by atoms with van der Waals surface area (Å²) in [5, 5.41) is 5.87. The van der Waals surface area contributed by atoms with E-state index in [1.54, 1.807) is 12.1 Å². The van der Waals surface area contributed by atoms with Crippen LogP contribution in [0.3, 0.4) is 0 Å². The molecule has 0 saturated carbocycles. The summed E-state index contributed by atoms with van der Waals surface area (Å²) in [4.78, 5) is 0. The predicted molar refractivity (Wildman–Crippen MR) is 151 cm³/mol. The van der Waals surface area contributed by atoms with Gasteiger partial charge >= 0.3 is 0 Å². The molecule has 37 heavy (non-hydrogen) atoms. The normalized spacial score (nSPS) is 13.2. The monoisotopic (exact) mass is 477 g/mol. The molecule has 0 radical (unpaired) electrons. The lowest BCUT2D eigenvalue weighted by molar-refractivity contribution is 0.628. The molecule has 7 rings (SSSR count). The fourth-order valence-corrected chi connectivity index (χ4v) is 6.03. The van der Waals surface area contributed by atoms with Crippen LogP contribution in [0.2, 0.25) is 0 Å². The second kappa shape index (κ2) is 8.46. The van der Waals surface area contributed by atoms with E-state index in [4.69, 9.17) is 0 Å². The molecule has 0 bridgehead atoms. The summed E-state index contributed by atoms with van der Waals surface area (Å²) in [5.41, 5.74) is 8.90. The molecule has 6 aromatic rings. The zero-order chi connectivity index (χ0) is 24.8. The molecule has 0 amide bonds. The number of hydrogen-bond acceptors (Lipinski definition) is 1. The molecule has 0 aliphatic heterocycles. The molecule has 0 heterocycles. The molecule has 0 aromatic heterocycles. The lowest BCUT2D eigenvalue weighted by atomic mass is 9.67. The molecule has 1 nitrogen and oxygen atoms in total. The maximum atomic E-state index is 13.6. The first kappa shape index (κ1) is 21.6. The average molecular weight is 478 g/mol. The van der Waals surface area contributed by atoms with Crippen LogP contribution < -0.4 is 5.32 Å². The van der Waals surface area contributed by atoms with Crippen LogP contribution in [0.15, 0.2) is 140 Å². The third-order valence-electron chi connectivity index (χ3n) is 7.58. The van der Waals surface area contributed by atoms with Crippen molar-refractivity contribution < 1.29 is 4.39 Å². The number of benzene rings is 6. The topological polar surface area (TPSA) is 12.0 Å². The van der Waals surface area contributed by atoms with E-state index in [2.05, 4.69) is 121 Å². The number of rotatable bonds is 4. The number of anilines is 2. The van der Waals surface area contributed by atoms with Crippen LogP contribution in [-0.4, -0.2) is 0 Å². The Morgan fingerprint density at radius 3 is 1.81 bits per heavy atom. The minimum Gasteiger partial charge on any atom is -0.355 e. The fourth-order valence-electron chi connectivity index (χ4n) is 6.03. The van der Waals surface area contributed by atoms with Crippen LogP contribution in [0.1, 0.15) is 22.3 Å². The van der Waals surface area contributed by atoms with E-state index in [1.165, 1.54) is 45.5 Å². The van der Waals surface area contributed by atoms with Gasteiger partial charge in [-0.25, -0.2) is 4.39 Å². The van der Waals surface area contributed by atoms with Gasteiger partial charge < -0.3 is 5.32 Å². The van der Waals surface area contributed by atoms with Crippen LogP contribution in [0.25, 0.3) is 21.9 Å². The molecule has 0 unspecified atom stereocenters. The smallest absolute Gasteiger partial charge is 0.123 e. The van der Waals surface area contributed by atoms with Crippen molar-refractivity contribution in [3.8, 4) is 11.1 Å². The lowest BCUT2D eigenvalue weighted by Crippen LogP contribution is -2.28. The Morgan fingerprint density at radius 2 is 1.11 bits per heavy atom. The predicted octanol–water partition coefficient (Wildman–Crippen LogP) is 9.09. The molecule has 1 aliphatic carbocycles. The van der Waals surface area contributed by atoms with Crippen LogP contribution in [0.4, 0.5) is 15.8 Å². The highest BCUT2D eigenvalue weighted by molar-refractivity contribution is 5.98. The number of hydrogen-bond donors (Lipinski definition) is 1. The number of halogens is 1. The van der Waals surface area contributed by atoms with Gasteiger partial charge in [0.2, 0.25) is 0 Å². The van der Waals surface area contributed by atoms with Crippen molar-refractivity contribution in [2.75, 3.05) is 5.32 Å². The highest BCUT2D eigenvalue weighted by Gasteiger charge is 2.46. The zero-order valence-electron chi connectivity index (χ0n) is 20.2. The van der Waals surface area contributed by atoms with Crippen molar-refractivity contribution in [1.29, 1.82) is 0 Å². The Morgan fingerprint density at radius 1 is 0.514 bits per heavy atom. The largest absolute Gasteiger partial charge is 0.355 e. The quantitative estimate of drug-likeness (QED) is 0.267. The highest BCUT2D eigenvalue weighted by atomic mass is 19.1. The van der Waals surface area contributed by atoms with E-state index in [-0.39, 0.29) is 5.82 Å². The molecule has 0 atom stereocenters. The lowest BCUT2D eigenvalue weighted by Gasteiger charge is -2.34. The minimum absolute atomic E-state index is 0.244. The van der Waals surface area contributed by atoms with Gasteiger partial charge in [0.15, 0.2) is 0 Å². The third-order valence-corrected chi connectivity index (χ3v) is 7.58. The van der Waals surface area contributed by atoms with E-state index >= 15 is 0 Å². The zero-order valence-corrected chi connectivity index (χ0v) is 20.2. The Kier molecular flexibility index (Phi) is 4.93. The van der Waals surface area contributed by atoms with Crippen molar-refractivity contribution in [1.82, 2.24) is 0 Å². The molecule has 0 saturated heterocycles. The second-order valence-corrected chi connectivity index (χ2v) is 9.58. The van der Waals surface area contributed by atoms with Crippen molar-refractivity contribution in [2.24, 2.45) is 0 Å². The Hall–Kier alpha value is -4.69. The summed E-state index contributed by atoms with van der Waals surface area (Å²) in [6.45, 7) is 0. The van der Waals surface area contributed by atoms with Gasteiger partial charge in [-0.3, -0.25) is 0 Å². The molecular formula is C35H24FN. The van der Waals surface area contributed by atoms with Gasteiger partial charge in [0, 0.05) is 16.8 Å². The minimum atomic E-state index is -0.474. The van der Waals surface area contributed by atoms with E-state index < -0.39 is 5.41 Å². The SMILES string of the molecule is Fc1ccc(Nc2cc(C3(c4ccccc4)c4ccccc4-c4ccccc43)cc3ccccc23)cc1. The van der Waals surface area contributed by atoms with Gasteiger partial charge in [-0.05, 0) is 75.2 Å². The molecule has 1 aliphatic rings. The van der Waals surface area contributed by atoms with Crippen LogP contribution in [0.5, 0.6) is 0 Å². The first-order chi connectivity index (χ1) is 18.2. The molecule has 0 spiro atoms. The summed E-state index contributed by atoms with van der Waals surface area (Å²) < 4.78 is 13.6. The van der Waals surface area contributed by atoms with Crippen molar-refractivity contribution in [3.05, 3.63) is 168 Å². The van der Waals surface area contributed by atoms with E-state index in [0.29, 0.717) is 0 Å². The maximum absolute atomic E-state index is 13.6.